The number of benzene rings is 1. The minimum Gasteiger partial charge on any atom is -0.395 e. The van der Waals surface area contributed by atoms with E-state index in [1.807, 2.05) is 18.2 Å². The lowest BCUT2D eigenvalue weighted by Crippen LogP contribution is -2.42. The van der Waals surface area contributed by atoms with Crippen molar-refractivity contribution in [2.24, 2.45) is 0 Å². The van der Waals surface area contributed by atoms with Crippen LogP contribution in [0.1, 0.15) is 5.56 Å². The first-order valence-electron chi connectivity index (χ1n) is 6.44. The molecule has 0 heterocycles. The highest BCUT2D eigenvalue weighted by Crippen LogP contribution is 2.00. The maximum absolute atomic E-state index is 11.6. The largest absolute Gasteiger partial charge is 0.395 e. The highest BCUT2D eigenvalue weighted by molar-refractivity contribution is 6.43. The number of Topliss-reactive ketones (excluding diaryl/α,β-unsaturated/α-hetero) is 1. The van der Waals surface area contributed by atoms with Crippen LogP contribution in [0.3, 0.4) is 0 Å². The maximum atomic E-state index is 11.6. The Bertz CT molecular complexity index is 526. The molecule has 6 nitrogen and oxygen atoms in total. The van der Waals surface area contributed by atoms with Crippen molar-refractivity contribution < 1.29 is 19.5 Å². The van der Waals surface area contributed by atoms with E-state index in [4.69, 9.17) is 5.11 Å². The number of ketones is 2. The summed E-state index contributed by atoms with van der Waals surface area (Å²) >= 11 is 0. The smallest absolute Gasteiger partial charge is 0.317 e. The van der Waals surface area contributed by atoms with Gasteiger partial charge in [0.15, 0.2) is 0 Å². The number of allylic oxidation sites excluding steroid dienone is 1. The number of amides is 2. The molecule has 0 atom stereocenters. The zero-order valence-electron chi connectivity index (χ0n) is 11.8. The van der Waals surface area contributed by atoms with Crippen molar-refractivity contribution in [1.29, 1.82) is 0 Å². The normalized spacial score (nSPS) is 10.4. The third-order valence-corrected chi connectivity index (χ3v) is 2.68. The second kappa shape index (κ2) is 8.65. The number of carbonyl (C=O) groups excluding carboxylic acids is 3. The topological polar surface area (TPSA) is 86.7 Å². The molecule has 1 rings (SSSR count). The van der Waals surface area contributed by atoms with Gasteiger partial charge < -0.3 is 15.3 Å². The average molecular weight is 290 g/mol. The third-order valence-electron chi connectivity index (χ3n) is 2.68. The van der Waals surface area contributed by atoms with E-state index < -0.39 is 17.6 Å². The van der Waals surface area contributed by atoms with Gasteiger partial charge >= 0.3 is 6.03 Å². The molecule has 2 N–H and O–H groups in total. The minimum absolute atomic E-state index is 0.155. The summed E-state index contributed by atoms with van der Waals surface area (Å²) in [5, 5.41) is 11.0. The first-order chi connectivity index (χ1) is 10.0. The number of likely N-dealkylation sites (N-methyl/N-ethyl adjacent to an activating group) is 1. The quantitative estimate of drug-likeness (QED) is 0.564. The van der Waals surface area contributed by atoms with Gasteiger partial charge in [0.1, 0.15) is 0 Å². The van der Waals surface area contributed by atoms with E-state index in [-0.39, 0.29) is 19.7 Å². The van der Waals surface area contributed by atoms with Crippen LogP contribution >= 0.6 is 0 Å². The Morgan fingerprint density at radius 1 is 1.24 bits per heavy atom. The molecule has 0 radical (unpaired) electrons. The summed E-state index contributed by atoms with van der Waals surface area (Å²) in [7, 11) is 1.48. The first-order valence-corrected chi connectivity index (χ1v) is 6.44. The van der Waals surface area contributed by atoms with Crippen LogP contribution < -0.4 is 5.32 Å². The van der Waals surface area contributed by atoms with Crippen LogP contribution in [-0.4, -0.2) is 54.3 Å². The number of nitrogens with one attached hydrogen (secondary N) is 1. The van der Waals surface area contributed by atoms with E-state index in [2.05, 4.69) is 5.32 Å². The van der Waals surface area contributed by atoms with Crippen molar-refractivity contribution in [3.63, 3.8) is 0 Å². The van der Waals surface area contributed by atoms with Crippen LogP contribution in [0.5, 0.6) is 0 Å². The first kappa shape index (κ1) is 16.6. The predicted molar refractivity (Wildman–Crippen MR) is 78.6 cm³/mol. The van der Waals surface area contributed by atoms with Gasteiger partial charge in [-0.25, -0.2) is 4.79 Å². The highest BCUT2D eigenvalue weighted by atomic mass is 16.3. The fourth-order valence-corrected chi connectivity index (χ4v) is 1.46. The molecule has 1 aromatic carbocycles. The van der Waals surface area contributed by atoms with Gasteiger partial charge in [0.25, 0.3) is 0 Å². The molecule has 2 amide bonds. The Morgan fingerprint density at radius 2 is 1.90 bits per heavy atom. The second-order valence-corrected chi connectivity index (χ2v) is 4.34. The van der Waals surface area contributed by atoms with E-state index in [1.165, 1.54) is 18.0 Å². The van der Waals surface area contributed by atoms with Gasteiger partial charge in [-0.1, -0.05) is 36.4 Å². The van der Waals surface area contributed by atoms with Crippen LogP contribution in [0.25, 0.3) is 6.08 Å². The summed E-state index contributed by atoms with van der Waals surface area (Å²) in [6.07, 6.45) is 2.72. The standard InChI is InChI=1S/C15H18N2O4/c1-17(9-10-18)15(21)16-11-14(20)13(19)8-7-12-5-3-2-4-6-12/h2-8,18H,9-11H2,1H3,(H,16,21)/b8-7+. The fraction of sp³-hybridized carbons (Fsp3) is 0.267. The van der Waals surface area contributed by atoms with E-state index in [1.54, 1.807) is 18.2 Å². The molecular formula is C15H18N2O4. The Kier molecular flexibility index (Phi) is 6.83. The van der Waals surface area contributed by atoms with Gasteiger partial charge in [-0.05, 0) is 11.6 Å². The van der Waals surface area contributed by atoms with Crippen molar-refractivity contribution in [2.45, 2.75) is 0 Å². The number of aliphatic hydroxyl groups excluding tert-OH is 1. The third kappa shape index (κ3) is 6.01. The lowest BCUT2D eigenvalue weighted by Gasteiger charge is -2.15. The molecule has 0 saturated carbocycles. The van der Waals surface area contributed by atoms with E-state index in [0.717, 1.165) is 5.56 Å². The van der Waals surface area contributed by atoms with Gasteiger partial charge in [-0.2, -0.15) is 0 Å². The van der Waals surface area contributed by atoms with E-state index in [0.29, 0.717) is 0 Å². The number of rotatable bonds is 7. The molecule has 0 aromatic heterocycles. The number of hydrogen-bond acceptors (Lipinski definition) is 4. The van der Waals surface area contributed by atoms with Crippen molar-refractivity contribution in [1.82, 2.24) is 10.2 Å². The molecule has 0 aliphatic carbocycles. The Labute approximate surface area is 123 Å². The Balaban J connectivity index is 2.43. The molecular weight excluding hydrogens is 272 g/mol. The molecule has 21 heavy (non-hydrogen) atoms. The van der Waals surface area contributed by atoms with Gasteiger partial charge in [0, 0.05) is 13.6 Å². The highest BCUT2D eigenvalue weighted by Gasteiger charge is 2.13. The van der Waals surface area contributed by atoms with Gasteiger partial charge in [-0.15, -0.1) is 0 Å². The van der Waals surface area contributed by atoms with Crippen LogP contribution in [0.15, 0.2) is 36.4 Å². The molecule has 0 bridgehead atoms. The average Bonchev–Trinajstić information content (AvgIpc) is 2.51. The molecule has 1 aromatic rings. The minimum atomic E-state index is -0.701. The lowest BCUT2D eigenvalue weighted by molar-refractivity contribution is -0.133. The molecule has 0 fully saturated rings. The number of carbonyl (C=O) groups is 3. The predicted octanol–water partition coefficient (Wildman–Crippen LogP) is 0.472. The van der Waals surface area contributed by atoms with Crippen LogP contribution in [-0.2, 0) is 9.59 Å². The summed E-state index contributed by atoms with van der Waals surface area (Å²) in [5.41, 5.74) is 0.811. The molecule has 0 spiro atoms. The molecule has 6 heteroatoms. The molecule has 0 unspecified atom stereocenters. The summed E-state index contributed by atoms with van der Waals surface area (Å²) in [6.45, 7) is -0.384. The molecule has 0 saturated heterocycles. The van der Waals surface area contributed by atoms with E-state index >= 15 is 0 Å². The monoisotopic (exact) mass is 290 g/mol. The zero-order valence-corrected chi connectivity index (χ0v) is 11.8. The van der Waals surface area contributed by atoms with E-state index in [9.17, 15) is 14.4 Å². The van der Waals surface area contributed by atoms with Crippen LogP contribution in [0.4, 0.5) is 4.79 Å². The van der Waals surface area contributed by atoms with Crippen molar-refractivity contribution >= 4 is 23.7 Å². The van der Waals surface area contributed by atoms with Crippen molar-refractivity contribution in [3.05, 3.63) is 42.0 Å². The second-order valence-electron chi connectivity index (χ2n) is 4.34. The SMILES string of the molecule is CN(CCO)C(=O)NCC(=O)C(=O)/C=C/c1ccccc1. The van der Waals surface area contributed by atoms with Gasteiger partial charge in [0.05, 0.1) is 13.2 Å². The van der Waals surface area contributed by atoms with Gasteiger partial charge in [-0.3, -0.25) is 9.59 Å². The Hall–Kier alpha value is -2.47. The summed E-state index contributed by atoms with van der Waals surface area (Å²) in [6, 6.07) is 8.59. The number of aliphatic hydroxyl groups is 1. The van der Waals surface area contributed by atoms with Crippen molar-refractivity contribution in [2.75, 3.05) is 26.7 Å². The maximum Gasteiger partial charge on any atom is 0.317 e. The lowest BCUT2D eigenvalue weighted by atomic mass is 10.1. The molecule has 0 aliphatic rings. The number of hydrogen-bond donors (Lipinski definition) is 2. The summed E-state index contributed by atoms with van der Waals surface area (Å²) < 4.78 is 0. The molecule has 112 valence electrons. The van der Waals surface area contributed by atoms with Crippen LogP contribution in [0.2, 0.25) is 0 Å². The zero-order chi connectivity index (χ0) is 15.7. The number of nitrogens with zero attached hydrogens (tertiary/aromatic N) is 1. The van der Waals surface area contributed by atoms with Crippen molar-refractivity contribution in [3.8, 4) is 0 Å². The fourth-order valence-electron chi connectivity index (χ4n) is 1.46. The molecule has 0 aliphatic heterocycles. The number of urea groups is 1. The van der Waals surface area contributed by atoms with Crippen LogP contribution in [0, 0.1) is 0 Å². The Morgan fingerprint density at radius 3 is 2.52 bits per heavy atom. The van der Waals surface area contributed by atoms with Gasteiger partial charge in [0.2, 0.25) is 11.6 Å². The summed E-state index contributed by atoms with van der Waals surface area (Å²) in [5.74, 6) is -1.38. The summed E-state index contributed by atoms with van der Waals surface area (Å²) in [4.78, 5) is 35.8.